The molecule has 3 N–H and O–H groups in total. The van der Waals surface area contributed by atoms with E-state index < -0.39 is 0 Å². The second-order valence-corrected chi connectivity index (χ2v) is 6.68. The van der Waals surface area contributed by atoms with E-state index in [1.54, 1.807) is 18.9 Å². The van der Waals surface area contributed by atoms with Gasteiger partial charge in [0.1, 0.15) is 11.6 Å². The topological polar surface area (TPSA) is 77.5 Å². The van der Waals surface area contributed by atoms with E-state index in [0.29, 0.717) is 18.9 Å². The van der Waals surface area contributed by atoms with Crippen molar-refractivity contribution in [3.05, 3.63) is 59.8 Å². The van der Waals surface area contributed by atoms with Crippen LogP contribution in [-0.2, 0) is 4.79 Å². The lowest BCUT2D eigenvalue weighted by Crippen LogP contribution is -2.40. The van der Waals surface area contributed by atoms with Crippen molar-refractivity contribution >= 4 is 17.4 Å². The molecule has 0 fully saturated rings. The first-order chi connectivity index (χ1) is 13.5. The number of hydrogen-bond acceptors (Lipinski definition) is 4. The number of nitrogens with zero attached hydrogens (tertiary/aromatic N) is 1. The van der Waals surface area contributed by atoms with Crippen molar-refractivity contribution in [3.63, 3.8) is 0 Å². The summed E-state index contributed by atoms with van der Waals surface area (Å²) >= 11 is 0. The van der Waals surface area contributed by atoms with Crippen LogP contribution in [0.5, 0.6) is 5.75 Å². The highest BCUT2D eigenvalue weighted by Crippen LogP contribution is 2.30. The Kier molecular flexibility index (Phi) is 5.99. The molecule has 1 aliphatic heterocycles. The van der Waals surface area contributed by atoms with E-state index in [9.17, 15) is 4.79 Å². The lowest BCUT2D eigenvalue weighted by Gasteiger charge is -2.30. The molecule has 0 radical (unpaired) electrons. The molecule has 1 heterocycles. The monoisotopic (exact) mass is 378 g/mol. The summed E-state index contributed by atoms with van der Waals surface area (Å²) in [7, 11) is 3.52. The molecule has 146 valence electrons. The van der Waals surface area contributed by atoms with Gasteiger partial charge in [0.2, 0.25) is 5.91 Å². The molecule has 0 atom stereocenters. The van der Waals surface area contributed by atoms with Crippen molar-refractivity contribution in [1.82, 2.24) is 10.2 Å². The van der Waals surface area contributed by atoms with Gasteiger partial charge in [-0.15, -0.1) is 0 Å². The highest BCUT2D eigenvalue weighted by Gasteiger charge is 2.23. The number of benzene rings is 2. The molecule has 3 rings (SSSR count). The molecule has 0 unspecified atom stereocenters. The first-order valence-corrected chi connectivity index (χ1v) is 9.28. The Morgan fingerprint density at radius 1 is 1.14 bits per heavy atom. The third-order valence-corrected chi connectivity index (χ3v) is 4.97. The Bertz CT molecular complexity index is 903. The number of amides is 1. The maximum atomic E-state index is 11.7. The van der Waals surface area contributed by atoms with Crippen molar-refractivity contribution in [1.29, 1.82) is 5.41 Å². The summed E-state index contributed by atoms with van der Waals surface area (Å²) in [5, 5.41) is 14.8. The van der Waals surface area contributed by atoms with Crippen LogP contribution >= 0.6 is 0 Å². The minimum absolute atomic E-state index is 0.0293. The molecule has 28 heavy (non-hydrogen) atoms. The molecular formula is C22H26N4O2. The third kappa shape index (κ3) is 4.17. The van der Waals surface area contributed by atoms with Crippen molar-refractivity contribution in [2.24, 2.45) is 0 Å². The second-order valence-electron chi connectivity index (χ2n) is 6.68. The predicted octanol–water partition coefficient (Wildman–Crippen LogP) is 3.48. The molecule has 2 aromatic rings. The van der Waals surface area contributed by atoms with E-state index in [1.165, 1.54) is 0 Å². The Morgan fingerprint density at radius 3 is 2.50 bits per heavy atom. The fourth-order valence-electron chi connectivity index (χ4n) is 3.37. The van der Waals surface area contributed by atoms with Gasteiger partial charge in [-0.05, 0) is 23.8 Å². The van der Waals surface area contributed by atoms with Gasteiger partial charge in [-0.25, -0.2) is 0 Å². The Morgan fingerprint density at radius 2 is 1.86 bits per heavy atom. The van der Waals surface area contributed by atoms with Crippen LogP contribution in [0.15, 0.2) is 59.8 Å². The van der Waals surface area contributed by atoms with Gasteiger partial charge in [0, 0.05) is 49.5 Å². The number of anilines is 1. The standard InChI is InChI=1S/C22H26N4O2/c1-15(27)26-13-12-20(24-2)19(14-26)22(23)25-17-10-8-16(9-11-17)18-6-4-5-7-21(18)28-3/h4-11,24H,12-14H2,1-3H3,(H2,23,25). The summed E-state index contributed by atoms with van der Waals surface area (Å²) in [5.74, 6) is 1.16. The van der Waals surface area contributed by atoms with Crippen LogP contribution in [0.1, 0.15) is 13.3 Å². The predicted molar refractivity (Wildman–Crippen MR) is 113 cm³/mol. The molecular weight excluding hydrogens is 352 g/mol. The molecule has 6 nitrogen and oxygen atoms in total. The molecule has 0 aromatic heterocycles. The van der Waals surface area contributed by atoms with Gasteiger partial charge < -0.3 is 20.3 Å². The van der Waals surface area contributed by atoms with Gasteiger partial charge in [0.15, 0.2) is 0 Å². The molecule has 6 heteroatoms. The van der Waals surface area contributed by atoms with E-state index in [1.807, 2.05) is 55.6 Å². The van der Waals surface area contributed by atoms with Crippen LogP contribution in [0.25, 0.3) is 11.1 Å². The molecule has 1 amide bonds. The van der Waals surface area contributed by atoms with Crippen molar-refractivity contribution in [3.8, 4) is 16.9 Å². The number of methoxy groups -OCH3 is 1. The van der Waals surface area contributed by atoms with Crippen molar-refractivity contribution < 1.29 is 9.53 Å². The van der Waals surface area contributed by atoms with Crippen LogP contribution in [0, 0.1) is 5.41 Å². The summed E-state index contributed by atoms with van der Waals surface area (Å²) in [6.07, 6.45) is 0.724. The quantitative estimate of drug-likeness (QED) is 0.550. The first kappa shape index (κ1) is 19.5. The van der Waals surface area contributed by atoms with Gasteiger partial charge in [0.25, 0.3) is 0 Å². The molecule has 0 saturated carbocycles. The number of rotatable bonds is 5. The zero-order valence-corrected chi connectivity index (χ0v) is 16.5. The van der Waals surface area contributed by atoms with E-state index in [0.717, 1.165) is 40.3 Å². The van der Waals surface area contributed by atoms with Gasteiger partial charge in [-0.2, -0.15) is 0 Å². The molecule has 0 saturated heterocycles. The molecule has 0 bridgehead atoms. The average molecular weight is 378 g/mol. The molecule has 0 aliphatic carbocycles. The zero-order chi connectivity index (χ0) is 20.1. The highest BCUT2D eigenvalue weighted by molar-refractivity contribution is 6.07. The summed E-state index contributed by atoms with van der Waals surface area (Å²) in [4.78, 5) is 13.5. The van der Waals surface area contributed by atoms with E-state index >= 15 is 0 Å². The van der Waals surface area contributed by atoms with E-state index in [4.69, 9.17) is 10.1 Å². The minimum atomic E-state index is 0.0293. The number of carbonyl (C=O) groups excluding carboxylic acids is 1. The number of hydrogen-bond donors (Lipinski definition) is 3. The summed E-state index contributed by atoms with van der Waals surface area (Å²) in [5.41, 5.74) is 4.71. The van der Waals surface area contributed by atoms with Gasteiger partial charge in [0.05, 0.1) is 13.7 Å². The Balaban J connectivity index is 1.77. The van der Waals surface area contributed by atoms with E-state index in [-0.39, 0.29) is 5.91 Å². The third-order valence-electron chi connectivity index (χ3n) is 4.97. The fourth-order valence-corrected chi connectivity index (χ4v) is 3.37. The normalized spacial score (nSPS) is 13.9. The maximum Gasteiger partial charge on any atom is 0.219 e. The zero-order valence-electron chi connectivity index (χ0n) is 16.5. The minimum Gasteiger partial charge on any atom is -0.496 e. The first-order valence-electron chi connectivity index (χ1n) is 9.28. The average Bonchev–Trinajstić information content (AvgIpc) is 2.73. The second kappa shape index (κ2) is 8.61. The van der Waals surface area contributed by atoms with Gasteiger partial charge >= 0.3 is 0 Å². The Hall–Kier alpha value is -3.28. The maximum absolute atomic E-state index is 11.7. The van der Waals surface area contributed by atoms with Crippen molar-refractivity contribution in [2.75, 3.05) is 32.6 Å². The van der Waals surface area contributed by atoms with E-state index in [2.05, 4.69) is 10.6 Å². The number of carbonyl (C=O) groups is 1. The molecule has 2 aromatic carbocycles. The SMILES string of the molecule is CNC1=C(C(=N)Nc2ccc(-c3ccccc3OC)cc2)CN(C(C)=O)CC1. The smallest absolute Gasteiger partial charge is 0.219 e. The summed E-state index contributed by atoms with van der Waals surface area (Å²) < 4.78 is 5.43. The lowest BCUT2D eigenvalue weighted by atomic mass is 10.0. The molecule has 1 aliphatic rings. The summed E-state index contributed by atoms with van der Waals surface area (Å²) in [6.45, 7) is 2.68. The van der Waals surface area contributed by atoms with Crippen LogP contribution in [0.4, 0.5) is 5.69 Å². The van der Waals surface area contributed by atoms with Crippen LogP contribution in [-0.4, -0.2) is 43.9 Å². The van der Waals surface area contributed by atoms with Crippen LogP contribution in [0.2, 0.25) is 0 Å². The molecule has 0 spiro atoms. The number of nitrogens with one attached hydrogen (secondary N) is 3. The number of para-hydroxylation sites is 1. The van der Waals surface area contributed by atoms with Crippen LogP contribution < -0.4 is 15.4 Å². The Labute approximate surface area is 165 Å². The summed E-state index contributed by atoms with van der Waals surface area (Å²) in [6, 6.07) is 15.8. The largest absolute Gasteiger partial charge is 0.496 e. The van der Waals surface area contributed by atoms with Gasteiger partial charge in [-0.3, -0.25) is 10.2 Å². The van der Waals surface area contributed by atoms with Crippen LogP contribution in [0.3, 0.4) is 0 Å². The number of amidine groups is 1. The van der Waals surface area contributed by atoms with Crippen molar-refractivity contribution in [2.45, 2.75) is 13.3 Å². The lowest BCUT2D eigenvalue weighted by molar-refractivity contribution is -0.128. The van der Waals surface area contributed by atoms with Gasteiger partial charge in [-0.1, -0.05) is 30.3 Å². The number of ether oxygens (including phenoxy) is 1. The fraction of sp³-hybridized carbons (Fsp3) is 0.273. The highest BCUT2D eigenvalue weighted by atomic mass is 16.5.